The van der Waals surface area contributed by atoms with Crippen molar-refractivity contribution in [1.82, 2.24) is 5.16 Å². The predicted molar refractivity (Wildman–Crippen MR) is 122 cm³/mol. The Morgan fingerprint density at radius 3 is 2.45 bits per heavy atom. The van der Waals surface area contributed by atoms with Crippen LogP contribution in [0.3, 0.4) is 0 Å². The molecule has 2 aromatic heterocycles. The molecule has 7 heteroatoms. The fraction of sp³-hybridized carbons (Fsp3) is 0.192. The molecule has 7 nitrogen and oxygen atoms in total. The molecule has 0 saturated carbocycles. The molecule has 2 aromatic carbocycles. The van der Waals surface area contributed by atoms with Gasteiger partial charge in [0.1, 0.15) is 11.3 Å². The summed E-state index contributed by atoms with van der Waals surface area (Å²) in [5, 5.41) is 15.6. The Hall–Kier alpha value is -4.13. The Morgan fingerprint density at radius 1 is 1.09 bits per heavy atom. The highest BCUT2D eigenvalue weighted by Crippen LogP contribution is 2.42. The van der Waals surface area contributed by atoms with E-state index in [4.69, 9.17) is 8.94 Å². The first-order valence-electron chi connectivity index (χ1n) is 10.7. The quantitative estimate of drug-likeness (QED) is 0.402. The summed E-state index contributed by atoms with van der Waals surface area (Å²) in [7, 11) is 0. The van der Waals surface area contributed by atoms with Gasteiger partial charge in [0.15, 0.2) is 17.3 Å². The van der Waals surface area contributed by atoms with Crippen molar-refractivity contribution in [2.75, 3.05) is 4.90 Å². The topological polar surface area (TPSA) is 96.8 Å². The lowest BCUT2D eigenvalue weighted by atomic mass is 9.93. The minimum absolute atomic E-state index is 0.0486. The van der Waals surface area contributed by atoms with Crippen LogP contribution in [0.2, 0.25) is 0 Å². The van der Waals surface area contributed by atoms with Crippen molar-refractivity contribution in [1.29, 1.82) is 0 Å². The van der Waals surface area contributed by atoms with Gasteiger partial charge in [0.25, 0.3) is 5.91 Å². The minimum atomic E-state index is -0.885. The second-order valence-corrected chi connectivity index (χ2v) is 8.43. The number of hydrogen-bond donors (Lipinski definition) is 1. The number of anilines is 1. The number of aryl methyl sites for hydroxylation is 1. The van der Waals surface area contributed by atoms with Crippen molar-refractivity contribution < 1.29 is 23.6 Å². The van der Waals surface area contributed by atoms with Gasteiger partial charge < -0.3 is 14.0 Å². The average molecular weight is 442 g/mol. The molecule has 5 rings (SSSR count). The predicted octanol–water partition coefficient (Wildman–Crippen LogP) is 5.64. The first-order chi connectivity index (χ1) is 15.8. The van der Waals surface area contributed by atoms with Gasteiger partial charge in [-0.05, 0) is 36.1 Å². The van der Waals surface area contributed by atoms with E-state index in [-0.39, 0.29) is 17.2 Å². The number of aliphatic hydroxyl groups is 1. The maximum absolute atomic E-state index is 13.6. The third-order valence-corrected chi connectivity index (χ3v) is 5.88. The van der Waals surface area contributed by atoms with Crippen molar-refractivity contribution >= 4 is 28.5 Å². The molecule has 0 radical (unpaired) electrons. The summed E-state index contributed by atoms with van der Waals surface area (Å²) in [6, 6.07) is 17.2. The van der Waals surface area contributed by atoms with Crippen LogP contribution in [-0.4, -0.2) is 22.0 Å². The number of aliphatic hydroxyl groups excluding tert-OH is 1. The zero-order valence-electron chi connectivity index (χ0n) is 18.4. The Bertz CT molecular complexity index is 1370. The number of fused-ring (bicyclic) bond motifs is 1. The van der Waals surface area contributed by atoms with Gasteiger partial charge >= 0.3 is 0 Å². The molecule has 33 heavy (non-hydrogen) atoms. The summed E-state index contributed by atoms with van der Waals surface area (Å²) in [6.45, 7) is 5.87. The van der Waals surface area contributed by atoms with Crippen LogP contribution in [0.15, 0.2) is 80.9 Å². The molecule has 166 valence electrons. The van der Waals surface area contributed by atoms with Crippen LogP contribution < -0.4 is 4.90 Å². The molecule has 1 N–H and O–H groups in total. The molecule has 1 aliphatic heterocycles. The van der Waals surface area contributed by atoms with Crippen LogP contribution in [0, 0.1) is 6.92 Å². The number of amides is 1. The van der Waals surface area contributed by atoms with Crippen LogP contribution in [0.4, 0.5) is 5.82 Å². The van der Waals surface area contributed by atoms with E-state index in [1.165, 1.54) is 4.90 Å². The molecular formula is C26H22N2O5. The number of carbonyl (C=O) groups is 2. The van der Waals surface area contributed by atoms with Gasteiger partial charge in [-0.25, -0.2) is 0 Å². The molecule has 0 spiro atoms. The van der Waals surface area contributed by atoms with E-state index < -0.39 is 23.5 Å². The van der Waals surface area contributed by atoms with Crippen LogP contribution in [0.5, 0.6) is 0 Å². The Kier molecular flexibility index (Phi) is 4.89. The molecule has 3 heterocycles. The standard InChI is InChI=1S/C26H22N2O5/c1-14(2)16-8-10-17(11-9-16)23-22(24(29)20-13-18-6-4-5-7-19(18)32-20)25(30)26(31)28(23)21-12-15(3)33-27-21/h4-14,23,30H,1-3H3/t23-/m1/s1. The van der Waals surface area contributed by atoms with Crippen molar-refractivity contribution in [2.24, 2.45) is 0 Å². The van der Waals surface area contributed by atoms with Gasteiger partial charge in [-0.2, -0.15) is 0 Å². The molecule has 0 bridgehead atoms. The molecule has 1 aliphatic rings. The Balaban J connectivity index is 1.64. The van der Waals surface area contributed by atoms with E-state index in [0.717, 1.165) is 10.9 Å². The van der Waals surface area contributed by atoms with E-state index in [1.54, 1.807) is 25.1 Å². The smallest absolute Gasteiger partial charge is 0.295 e. The number of benzene rings is 2. The average Bonchev–Trinajstić information content (AvgIpc) is 3.50. The van der Waals surface area contributed by atoms with Crippen molar-refractivity contribution in [3.05, 3.63) is 94.6 Å². The molecule has 0 aliphatic carbocycles. The SMILES string of the molecule is Cc1cc(N2C(=O)C(O)=C(C(=O)c3cc4ccccc4o3)[C@H]2c2ccc(C(C)C)cc2)no1. The third kappa shape index (κ3) is 3.42. The second-order valence-electron chi connectivity index (χ2n) is 8.43. The second kappa shape index (κ2) is 7.78. The number of rotatable bonds is 5. The van der Waals surface area contributed by atoms with Crippen LogP contribution in [0.25, 0.3) is 11.0 Å². The fourth-order valence-corrected chi connectivity index (χ4v) is 4.15. The Morgan fingerprint density at radius 2 is 1.82 bits per heavy atom. The lowest BCUT2D eigenvalue weighted by molar-refractivity contribution is -0.117. The monoisotopic (exact) mass is 442 g/mol. The van der Waals surface area contributed by atoms with E-state index in [9.17, 15) is 14.7 Å². The minimum Gasteiger partial charge on any atom is -0.503 e. The zero-order chi connectivity index (χ0) is 23.3. The van der Waals surface area contributed by atoms with E-state index in [2.05, 4.69) is 19.0 Å². The molecule has 0 fully saturated rings. The highest BCUT2D eigenvalue weighted by Gasteiger charge is 2.46. The molecule has 0 unspecified atom stereocenters. The highest BCUT2D eigenvalue weighted by atomic mass is 16.5. The lowest BCUT2D eigenvalue weighted by Crippen LogP contribution is -2.31. The van der Waals surface area contributed by atoms with Crippen LogP contribution in [0.1, 0.15) is 53.2 Å². The summed E-state index contributed by atoms with van der Waals surface area (Å²) in [5.41, 5.74) is 2.27. The lowest BCUT2D eigenvalue weighted by Gasteiger charge is -2.24. The summed E-state index contributed by atoms with van der Waals surface area (Å²) in [5.74, 6) is -0.818. The normalized spacial score (nSPS) is 16.4. The highest BCUT2D eigenvalue weighted by molar-refractivity contribution is 6.20. The maximum atomic E-state index is 13.6. The Labute approximate surface area is 189 Å². The van der Waals surface area contributed by atoms with E-state index in [0.29, 0.717) is 22.8 Å². The van der Waals surface area contributed by atoms with Gasteiger partial charge in [0.2, 0.25) is 5.78 Å². The third-order valence-electron chi connectivity index (χ3n) is 5.88. The van der Waals surface area contributed by atoms with Crippen LogP contribution >= 0.6 is 0 Å². The van der Waals surface area contributed by atoms with Crippen molar-refractivity contribution in [2.45, 2.75) is 32.7 Å². The maximum Gasteiger partial charge on any atom is 0.295 e. The van der Waals surface area contributed by atoms with Crippen molar-refractivity contribution in [3.8, 4) is 0 Å². The number of nitrogens with zero attached hydrogens (tertiary/aromatic N) is 2. The number of ketones is 1. The molecule has 4 aromatic rings. The molecule has 1 atom stereocenters. The first kappa shape index (κ1) is 20.8. The number of hydrogen-bond acceptors (Lipinski definition) is 6. The summed E-state index contributed by atoms with van der Waals surface area (Å²) < 4.78 is 10.9. The summed E-state index contributed by atoms with van der Waals surface area (Å²) in [6.07, 6.45) is 0. The van der Waals surface area contributed by atoms with E-state index >= 15 is 0 Å². The van der Waals surface area contributed by atoms with Gasteiger partial charge in [0, 0.05) is 11.5 Å². The fourth-order valence-electron chi connectivity index (χ4n) is 4.15. The first-order valence-corrected chi connectivity index (χ1v) is 10.7. The summed E-state index contributed by atoms with van der Waals surface area (Å²) in [4.78, 5) is 28.0. The summed E-state index contributed by atoms with van der Waals surface area (Å²) >= 11 is 0. The van der Waals surface area contributed by atoms with Gasteiger partial charge in [-0.3, -0.25) is 14.5 Å². The number of para-hydroxylation sites is 1. The van der Waals surface area contributed by atoms with Crippen LogP contribution in [-0.2, 0) is 4.79 Å². The number of aromatic nitrogens is 1. The molecular weight excluding hydrogens is 420 g/mol. The zero-order valence-corrected chi connectivity index (χ0v) is 18.4. The number of carbonyl (C=O) groups excluding carboxylic acids is 2. The molecule has 1 amide bonds. The largest absolute Gasteiger partial charge is 0.503 e. The number of furan rings is 1. The molecule has 0 saturated heterocycles. The number of Topliss-reactive ketones (excluding diaryl/α,β-unsaturated/α-hetero) is 1. The van der Waals surface area contributed by atoms with Gasteiger partial charge in [-0.1, -0.05) is 61.5 Å². The van der Waals surface area contributed by atoms with E-state index in [1.807, 2.05) is 42.5 Å². The van der Waals surface area contributed by atoms with Gasteiger partial charge in [-0.15, -0.1) is 0 Å². The van der Waals surface area contributed by atoms with Crippen molar-refractivity contribution in [3.63, 3.8) is 0 Å². The van der Waals surface area contributed by atoms with Gasteiger partial charge in [0.05, 0.1) is 11.6 Å².